The molecule has 0 radical (unpaired) electrons. The number of carbonyl (C=O) groups excluding carboxylic acids is 1. The van der Waals surface area contributed by atoms with Crippen LogP contribution in [-0.4, -0.2) is 5.12 Å². The van der Waals surface area contributed by atoms with Crippen molar-refractivity contribution in [2.24, 2.45) is 17.8 Å². The standard InChI is InChI=1S/C18H36OS/c1-15(2)11-7-5-9-13-17(18(19)20)14-10-6-8-12-16(3)4/h15-17H,5-14H2,1-4H3,(H,19,20). The molecule has 0 aliphatic carbocycles. The summed E-state index contributed by atoms with van der Waals surface area (Å²) in [5.41, 5.74) is 0. The van der Waals surface area contributed by atoms with Crippen LogP contribution in [0.3, 0.4) is 0 Å². The molecule has 0 rings (SSSR count). The Hall–Kier alpha value is 0.0200. The molecule has 0 aromatic rings. The normalized spacial score (nSPS) is 11.8. The van der Waals surface area contributed by atoms with E-state index in [1.165, 1.54) is 51.4 Å². The third-order valence-corrected chi connectivity index (χ3v) is 4.38. The van der Waals surface area contributed by atoms with Gasteiger partial charge in [-0.1, -0.05) is 79.1 Å². The molecular weight excluding hydrogens is 264 g/mol. The van der Waals surface area contributed by atoms with E-state index in [0.717, 1.165) is 24.7 Å². The van der Waals surface area contributed by atoms with Gasteiger partial charge in [0.1, 0.15) is 0 Å². The largest absolute Gasteiger partial charge is 0.287 e. The molecule has 0 aromatic heterocycles. The molecule has 0 aromatic carbocycles. The molecule has 0 amide bonds. The van der Waals surface area contributed by atoms with Crippen LogP contribution in [0, 0.1) is 17.8 Å². The topological polar surface area (TPSA) is 17.1 Å². The second-order valence-electron chi connectivity index (χ2n) is 7.10. The summed E-state index contributed by atoms with van der Waals surface area (Å²) < 4.78 is 0. The molecule has 0 saturated carbocycles. The Morgan fingerprint density at radius 2 is 1.05 bits per heavy atom. The highest BCUT2D eigenvalue weighted by Crippen LogP contribution is 2.21. The summed E-state index contributed by atoms with van der Waals surface area (Å²) in [7, 11) is 0. The minimum absolute atomic E-state index is 0.109. The maximum Gasteiger partial charge on any atom is 0.188 e. The van der Waals surface area contributed by atoms with Gasteiger partial charge < -0.3 is 0 Å². The van der Waals surface area contributed by atoms with Crippen LogP contribution in [0.15, 0.2) is 0 Å². The van der Waals surface area contributed by atoms with Gasteiger partial charge in [0.2, 0.25) is 0 Å². The van der Waals surface area contributed by atoms with Gasteiger partial charge in [0.15, 0.2) is 5.12 Å². The average Bonchev–Trinajstić information content (AvgIpc) is 2.34. The third-order valence-electron chi connectivity index (χ3n) is 4.02. The summed E-state index contributed by atoms with van der Waals surface area (Å²) in [6.07, 6.45) is 12.2. The van der Waals surface area contributed by atoms with E-state index in [-0.39, 0.29) is 11.0 Å². The quantitative estimate of drug-likeness (QED) is 0.313. The molecule has 0 saturated heterocycles. The molecular formula is C18H36OS. The van der Waals surface area contributed by atoms with E-state index < -0.39 is 0 Å². The summed E-state index contributed by atoms with van der Waals surface area (Å²) in [6.45, 7) is 9.10. The summed E-state index contributed by atoms with van der Waals surface area (Å²) in [6, 6.07) is 0. The van der Waals surface area contributed by atoms with E-state index in [1.54, 1.807) is 0 Å². The lowest BCUT2D eigenvalue weighted by Crippen LogP contribution is -2.09. The molecule has 0 bridgehead atoms. The van der Waals surface area contributed by atoms with Crippen LogP contribution in [0.2, 0.25) is 0 Å². The monoisotopic (exact) mass is 300 g/mol. The molecule has 20 heavy (non-hydrogen) atoms. The van der Waals surface area contributed by atoms with Crippen LogP contribution in [0.4, 0.5) is 0 Å². The van der Waals surface area contributed by atoms with Crippen LogP contribution >= 0.6 is 12.6 Å². The van der Waals surface area contributed by atoms with Crippen molar-refractivity contribution in [2.45, 2.75) is 91.9 Å². The van der Waals surface area contributed by atoms with E-state index in [4.69, 9.17) is 0 Å². The molecule has 0 unspecified atom stereocenters. The minimum Gasteiger partial charge on any atom is -0.287 e. The van der Waals surface area contributed by atoms with Crippen LogP contribution < -0.4 is 0 Å². The Balaban J connectivity index is 3.64. The average molecular weight is 301 g/mol. The highest BCUT2D eigenvalue weighted by atomic mass is 32.1. The first-order valence-corrected chi connectivity index (χ1v) is 9.11. The highest BCUT2D eigenvalue weighted by Gasteiger charge is 2.14. The maximum absolute atomic E-state index is 11.6. The minimum atomic E-state index is 0.109. The van der Waals surface area contributed by atoms with E-state index >= 15 is 0 Å². The zero-order valence-electron chi connectivity index (χ0n) is 14.2. The second kappa shape index (κ2) is 12.7. The second-order valence-corrected chi connectivity index (χ2v) is 7.54. The summed E-state index contributed by atoms with van der Waals surface area (Å²) >= 11 is 4.07. The zero-order valence-corrected chi connectivity index (χ0v) is 15.1. The van der Waals surface area contributed by atoms with E-state index in [1.807, 2.05) is 0 Å². The Morgan fingerprint density at radius 3 is 1.35 bits per heavy atom. The number of carbonyl (C=O) groups is 1. The molecule has 120 valence electrons. The first kappa shape index (κ1) is 20.0. The fourth-order valence-corrected chi connectivity index (χ4v) is 2.89. The lowest BCUT2D eigenvalue weighted by molar-refractivity contribution is -0.114. The van der Waals surface area contributed by atoms with Gasteiger partial charge in [-0.15, -0.1) is 12.6 Å². The molecule has 0 N–H and O–H groups in total. The SMILES string of the molecule is CC(C)CCCCCC(CCCCCC(C)C)C(=O)S. The zero-order chi connectivity index (χ0) is 15.4. The summed E-state index contributed by atoms with van der Waals surface area (Å²) in [5.74, 6) is 1.81. The number of rotatable bonds is 13. The lowest BCUT2D eigenvalue weighted by atomic mass is 9.94. The molecule has 0 aliphatic heterocycles. The van der Waals surface area contributed by atoms with Crippen molar-refractivity contribution in [3.05, 3.63) is 0 Å². The molecule has 0 fully saturated rings. The number of unbranched alkanes of at least 4 members (excludes halogenated alkanes) is 4. The third kappa shape index (κ3) is 13.0. The van der Waals surface area contributed by atoms with Crippen LogP contribution in [-0.2, 0) is 4.79 Å². The fourth-order valence-electron chi connectivity index (χ4n) is 2.63. The van der Waals surface area contributed by atoms with Gasteiger partial charge in [-0.2, -0.15) is 0 Å². The highest BCUT2D eigenvalue weighted by molar-refractivity contribution is 7.96. The smallest absolute Gasteiger partial charge is 0.188 e. The van der Waals surface area contributed by atoms with Crippen molar-refractivity contribution < 1.29 is 4.79 Å². The Kier molecular flexibility index (Phi) is 12.8. The van der Waals surface area contributed by atoms with Gasteiger partial charge in [0.25, 0.3) is 0 Å². The molecule has 0 heterocycles. The number of hydrogen-bond donors (Lipinski definition) is 1. The van der Waals surface area contributed by atoms with Crippen LogP contribution in [0.1, 0.15) is 91.9 Å². The van der Waals surface area contributed by atoms with Crippen molar-refractivity contribution in [2.75, 3.05) is 0 Å². The number of hydrogen-bond acceptors (Lipinski definition) is 1. The van der Waals surface area contributed by atoms with Crippen molar-refractivity contribution in [1.82, 2.24) is 0 Å². The summed E-state index contributed by atoms with van der Waals surface area (Å²) in [4.78, 5) is 11.6. The molecule has 0 atom stereocenters. The Bertz CT molecular complexity index is 218. The van der Waals surface area contributed by atoms with Crippen molar-refractivity contribution in [1.29, 1.82) is 0 Å². The van der Waals surface area contributed by atoms with Crippen molar-refractivity contribution in [3.8, 4) is 0 Å². The first-order valence-electron chi connectivity index (χ1n) is 8.66. The summed E-state index contributed by atoms with van der Waals surface area (Å²) in [5, 5.41) is 0.109. The van der Waals surface area contributed by atoms with Gasteiger partial charge in [0.05, 0.1) is 0 Å². The lowest BCUT2D eigenvalue weighted by Gasteiger charge is -2.13. The Morgan fingerprint density at radius 1 is 0.700 bits per heavy atom. The van der Waals surface area contributed by atoms with Crippen LogP contribution in [0.5, 0.6) is 0 Å². The number of thiol groups is 1. The first-order chi connectivity index (χ1) is 9.43. The van der Waals surface area contributed by atoms with Gasteiger partial charge in [-0.3, -0.25) is 4.79 Å². The predicted octanol–water partition coefficient (Wildman–Crippen LogP) is 6.27. The van der Waals surface area contributed by atoms with Gasteiger partial charge in [-0.25, -0.2) is 0 Å². The van der Waals surface area contributed by atoms with E-state index in [9.17, 15) is 4.79 Å². The fraction of sp³-hybridized carbons (Fsp3) is 0.944. The predicted molar refractivity (Wildman–Crippen MR) is 93.3 cm³/mol. The van der Waals surface area contributed by atoms with Crippen molar-refractivity contribution in [3.63, 3.8) is 0 Å². The Labute approximate surface area is 132 Å². The van der Waals surface area contributed by atoms with Crippen molar-refractivity contribution >= 4 is 17.7 Å². The van der Waals surface area contributed by atoms with Crippen LogP contribution in [0.25, 0.3) is 0 Å². The van der Waals surface area contributed by atoms with E-state index in [2.05, 4.69) is 40.3 Å². The molecule has 1 nitrogen and oxygen atoms in total. The molecule has 0 aliphatic rings. The maximum atomic E-state index is 11.6. The van der Waals surface area contributed by atoms with Gasteiger partial charge in [0, 0.05) is 5.92 Å². The van der Waals surface area contributed by atoms with Gasteiger partial charge in [-0.05, 0) is 24.7 Å². The van der Waals surface area contributed by atoms with Gasteiger partial charge >= 0.3 is 0 Å². The molecule has 0 spiro atoms. The molecule has 2 heteroatoms. The van der Waals surface area contributed by atoms with E-state index in [0.29, 0.717) is 0 Å².